The van der Waals surface area contributed by atoms with Crippen LogP contribution in [0.3, 0.4) is 0 Å². The van der Waals surface area contributed by atoms with E-state index < -0.39 is 0 Å². The Balaban J connectivity index is 1.81. The molecule has 0 bridgehead atoms. The van der Waals surface area contributed by atoms with Crippen LogP contribution < -0.4 is 20.9 Å². The van der Waals surface area contributed by atoms with Crippen LogP contribution in [0.5, 0.6) is 11.5 Å². The third-order valence-corrected chi connectivity index (χ3v) is 6.24. The van der Waals surface area contributed by atoms with Gasteiger partial charge in [0, 0.05) is 16.8 Å². The third-order valence-electron chi connectivity index (χ3n) is 6.24. The van der Waals surface area contributed by atoms with Crippen LogP contribution in [0.25, 0.3) is 44.2 Å². The summed E-state index contributed by atoms with van der Waals surface area (Å²) in [6, 6.07) is 32.4. The first-order valence-electron chi connectivity index (χ1n) is 11.1. The summed E-state index contributed by atoms with van der Waals surface area (Å²) in [4.78, 5) is 0. The number of methoxy groups -OCH3 is 2. The van der Waals surface area contributed by atoms with Crippen molar-refractivity contribution in [2.75, 3.05) is 25.7 Å². The molecule has 0 saturated carbocycles. The largest absolute Gasteiger partial charge is 0.497 e. The van der Waals surface area contributed by atoms with E-state index in [0.717, 1.165) is 55.7 Å². The SMILES string of the molecule is COc1ccc(-c2cc(N)c(-c3cccc4ccccc34)c(N)c2-c2ccc(OC)cc2)cc1. The van der Waals surface area contributed by atoms with Gasteiger partial charge in [-0.1, -0.05) is 66.7 Å². The number of nitrogen functional groups attached to an aromatic ring is 2. The van der Waals surface area contributed by atoms with Crippen LogP contribution in [0, 0.1) is 0 Å². The minimum absolute atomic E-state index is 0.636. The van der Waals surface area contributed by atoms with E-state index in [0.29, 0.717) is 11.4 Å². The highest BCUT2D eigenvalue weighted by Crippen LogP contribution is 2.47. The average molecular weight is 447 g/mol. The maximum absolute atomic E-state index is 6.97. The van der Waals surface area contributed by atoms with Crippen molar-refractivity contribution in [3.8, 4) is 44.9 Å². The van der Waals surface area contributed by atoms with Crippen molar-refractivity contribution < 1.29 is 9.47 Å². The van der Waals surface area contributed by atoms with Gasteiger partial charge in [-0.05, 0) is 63.4 Å². The molecule has 168 valence electrons. The molecule has 0 radical (unpaired) electrons. The average Bonchev–Trinajstić information content (AvgIpc) is 2.89. The molecule has 0 aliphatic heterocycles. The van der Waals surface area contributed by atoms with Crippen molar-refractivity contribution in [1.29, 1.82) is 0 Å². The summed E-state index contributed by atoms with van der Waals surface area (Å²) < 4.78 is 10.7. The number of nitrogens with two attached hydrogens (primary N) is 2. The number of anilines is 2. The summed E-state index contributed by atoms with van der Waals surface area (Å²) in [6.45, 7) is 0. The Kier molecular flexibility index (Phi) is 5.56. The first-order chi connectivity index (χ1) is 16.6. The minimum atomic E-state index is 0.636. The molecule has 0 heterocycles. The predicted octanol–water partition coefficient (Wildman–Crippen LogP) is 7.02. The van der Waals surface area contributed by atoms with E-state index in [1.54, 1.807) is 14.2 Å². The van der Waals surface area contributed by atoms with Gasteiger partial charge in [-0.15, -0.1) is 0 Å². The minimum Gasteiger partial charge on any atom is -0.497 e. The summed E-state index contributed by atoms with van der Waals surface area (Å²) in [6.07, 6.45) is 0. The second-order valence-electron chi connectivity index (χ2n) is 8.16. The molecule has 5 rings (SSSR count). The van der Waals surface area contributed by atoms with Crippen molar-refractivity contribution >= 4 is 22.1 Å². The monoisotopic (exact) mass is 446 g/mol. The zero-order valence-corrected chi connectivity index (χ0v) is 19.2. The van der Waals surface area contributed by atoms with Gasteiger partial charge in [0.15, 0.2) is 0 Å². The molecule has 0 amide bonds. The van der Waals surface area contributed by atoms with Crippen LogP contribution in [0.2, 0.25) is 0 Å². The highest BCUT2D eigenvalue weighted by molar-refractivity contribution is 6.08. The normalized spacial score (nSPS) is 10.9. The Morgan fingerprint density at radius 2 is 1.15 bits per heavy atom. The summed E-state index contributed by atoms with van der Waals surface area (Å²) >= 11 is 0. The molecule has 0 fully saturated rings. The second kappa shape index (κ2) is 8.83. The molecule has 0 aliphatic rings. The smallest absolute Gasteiger partial charge is 0.118 e. The van der Waals surface area contributed by atoms with Crippen molar-refractivity contribution in [1.82, 2.24) is 0 Å². The van der Waals surface area contributed by atoms with Gasteiger partial charge in [0.1, 0.15) is 11.5 Å². The number of rotatable bonds is 5. The number of hydrogen-bond acceptors (Lipinski definition) is 4. The standard InChI is InChI=1S/C30H26N2O2/c1-33-22-14-10-20(11-15-22)26-18-27(31)29(25-9-5-7-19-6-3-4-8-24(19)25)30(32)28(26)21-12-16-23(34-2)17-13-21/h3-18H,31-32H2,1-2H3. The lowest BCUT2D eigenvalue weighted by Crippen LogP contribution is -2.02. The summed E-state index contributed by atoms with van der Waals surface area (Å²) in [5, 5.41) is 2.25. The summed E-state index contributed by atoms with van der Waals surface area (Å²) in [5.74, 6) is 1.58. The summed E-state index contributed by atoms with van der Waals surface area (Å²) in [7, 11) is 3.32. The van der Waals surface area contributed by atoms with E-state index >= 15 is 0 Å². The lowest BCUT2D eigenvalue weighted by molar-refractivity contribution is 0.414. The van der Waals surface area contributed by atoms with Gasteiger partial charge in [-0.2, -0.15) is 0 Å². The first-order valence-corrected chi connectivity index (χ1v) is 11.1. The van der Waals surface area contributed by atoms with Crippen LogP contribution in [-0.2, 0) is 0 Å². The third kappa shape index (κ3) is 3.69. The predicted molar refractivity (Wildman–Crippen MR) is 142 cm³/mol. The molecule has 4 N–H and O–H groups in total. The molecule has 4 nitrogen and oxygen atoms in total. The Morgan fingerprint density at radius 3 is 1.79 bits per heavy atom. The lowest BCUT2D eigenvalue weighted by Gasteiger charge is -2.20. The summed E-state index contributed by atoms with van der Waals surface area (Å²) in [5.41, 5.74) is 20.7. The molecule has 0 spiro atoms. The number of benzene rings is 5. The quantitative estimate of drug-likeness (QED) is 0.285. The fraction of sp³-hybridized carbons (Fsp3) is 0.0667. The Hall–Kier alpha value is -4.44. The molecule has 5 aromatic carbocycles. The number of ether oxygens (including phenoxy) is 2. The fourth-order valence-electron chi connectivity index (χ4n) is 4.54. The van der Waals surface area contributed by atoms with Crippen LogP contribution in [0.1, 0.15) is 0 Å². The Labute approximate surface area is 199 Å². The topological polar surface area (TPSA) is 70.5 Å². The molecular formula is C30H26N2O2. The van der Waals surface area contributed by atoms with Crippen LogP contribution in [0.4, 0.5) is 11.4 Å². The second-order valence-corrected chi connectivity index (χ2v) is 8.16. The Bertz CT molecular complexity index is 1470. The van der Waals surface area contributed by atoms with E-state index in [-0.39, 0.29) is 0 Å². The van der Waals surface area contributed by atoms with E-state index in [9.17, 15) is 0 Å². The van der Waals surface area contributed by atoms with Gasteiger partial charge < -0.3 is 20.9 Å². The van der Waals surface area contributed by atoms with Gasteiger partial charge >= 0.3 is 0 Å². The molecule has 0 aromatic heterocycles. The van der Waals surface area contributed by atoms with E-state index in [2.05, 4.69) is 24.3 Å². The van der Waals surface area contributed by atoms with E-state index in [1.165, 1.54) is 0 Å². The van der Waals surface area contributed by atoms with E-state index in [1.807, 2.05) is 72.8 Å². The zero-order valence-electron chi connectivity index (χ0n) is 19.2. The fourth-order valence-corrected chi connectivity index (χ4v) is 4.54. The molecule has 0 aliphatic carbocycles. The van der Waals surface area contributed by atoms with Gasteiger partial charge in [-0.3, -0.25) is 0 Å². The van der Waals surface area contributed by atoms with Gasteiger partial charge in [0.25, 0.3) is 0 Å². The van der Waals surface area contributed by atoms with Crippen molar-refractivity contribution in [2.45, 2.75) is 0 Å². The zero-order chi connectivity index (χ0) is 23.7. The molecule has 0 atom stereocenters. The van der Waals surface area contributed by atoms with Crippen LogP contribution in [0.15, 0.2) is 97.1 Å². The van der Waals surface area contributed by atoms with Gasteiger partial charge in [-0.25, -0.2) is 0 Å². The van der Waals surface area contributed by atoms with E-state index in [4.69, 9.17) is 20.9 Å². The van der Waals surface area contributed by atoms with Crippen molar-refractivity contribution in [3.05, 3.63) is 97.1 Å². The van der Waals surface area contributed by atoms with Gasteiger partial charge in [0.05, 0.1) is 19.9 Å². The first kappa shape index (κ1) is 21.4. The maximum Gasteiger partial charge on any atom is 0.118 e. The highest BCUT2D eigenvalue weighted by Gasteiger charge is 2.20. The van der Waals surface area contributed by atoms with Crippen LogP contribution >= 0.6 is 0 Å². The maximum atomic E-state index is 6.97. The molecule has 0 unspecified atom stereocenters. The lowest BCUT2D eigenvalue weighted by atomic mass is 9.86. The molecule has 34 heavy (non-hydrogen) atoms. The number of hydrogen-bond donors (Lipinski definition) is 2. The molecular weight excluding hydrogens is 420 g/mol. The highest BCUT2D eigenvalue weighted by atomic mass is 16.5. The molecule has 0 saturated heterocycles. The Morgan fingerprint density at radius 1 is 0.559 bits per heavy atom. The van der Waals surface area contributed by atoms with Crippen LogP contribution in [-0.4, -0.2) is 14.2 Å². The molecule has 5 aromatic rings. The van der Waals surface area contributed by atoms with Crippen molar-refractivity contribution in [2.24, 2.45) is 0 Å². The van der Waals surface area contributed by atoms with Gasteiger partial charge in [0.2, 0.25) is 0 Å². The molecule has 4 heteroatoms. The van der Waals surface area contributed by atoms with Crippen molar-refractivity contribution in [3.63, 3.8) is 0 Å². The number of fused-ring (bicyclic) bond motifs is 1.